The molecular weight excluding hydrogens is 330 g/mol. The third kappa shape index (κ3) is 2.73. The second-order valence-corrected chi connectivity index (χ2v) is 6.01. The van der Waals surface area contributed by atoms with E-state index in [1.54, 1.807) is 38.7 Å². The number of aromatic nitrogens is 2. The maximum atomic E-state index is 12.6. The van der Waals surface area contributed by atoms with Crippen LogP contribution in [0.2, 0.25) is 0 Å². The quantitative estimate of drug-likeness (QED) is 0.649. The summed E-state index contributed by atoms with van der Waals surface area (Å²) in [7, 11) is 3.09. The molecule has 0 radical (unpaired) electrons. The molecule has 1 atom stereocenters. The fourth-order valence-corrected chi connectivity index (χ4v) is 3.29. The van der Waals surface area contributed by atoms with Crippen molar-refractivity contribution in [2.75, 3.05) is 25.8 Å². The van der Waals surface area contributed by atoms with E-state index in [1.165, 1.54) is 11.8 Å². The highest BCUT2D eigenvalue weighted by molar-refractivity contribution is 7.98. The van der Waals surface area contributed by atoms with E-state index in [0.29, 0.717) is 27.8 Å². The van der Waals surface area contributed by atoms with Crippen molar-refractivity contribution in [1.82, 2.24) is 9.97 Å². The maximum Gasteiger partial charge on any atom is 0.257 e. The van der Waals surface area contributed by atoms with Gasteiger partial charge in [-0.3, -0.25) is 9.59 Å². The van der Waals surface area contributed by atoms with Crippen LogP contribution in [0, 0.1) is 0 Å². The number of benzene rings is 1. The van der Waals surface area contributed by atoms with Crippen molar-refractivity contribution in [1.29, 1.82) is 0 Å². The number of rotatable bonds is 4. The highest BCUT2D eigenvalue weighted by atomic mass is 32.2. The summed E-state index contributed by atoms with van der Waals surface area (Å²) in [6, 6.07) is 5.36. The smallest absolute Gasteiger partial charge is 0.257 e. The van der Waals surface area contributed by atoms with Gasteiger partial charge in [0.05, 0.1) is 19.8 Å². The molecule has 0 aliphatic carbocycles. The number of carbonyl (C=O) groups excluding carboxylic acids is 1. The normalized spacial score (nSPS) is 16.3. The van der Waals surface area contributed by atoms with Crippen molar-refractivity contribution in [3.8, 4) is 11.5 Å². The standard InChI is InChI=1S/C16H17N3O4S/c1-22-9-5-4-6-10(23-2)12(9)8-7-11(20)17-14-13(8)15(21)19-16(18-14)24-3/h4-6,8H,7H2,1-3H3,(H2,17,18,19,20,21). The highest BCUT2D eigenvalue weighted by Gasteiger charge is 2.34. The van der Waals surface area contributed by atoms with Crippen LogP contribution < -0.4 is 20.3 Å². The zero-order valence-electron chi connectivity index (χ0n) is 13.5. The number of H-pyrrole nitrogens is 1. The molecule has 1 unspecified atom stereocenters. The third-order valence-electron chi connectivity index (χ3n) is 3.94. The molecule has 24 heavy (non-hydrogen) atoms. The van der Waals surface area contributed by atoms with Gasteiger partial charge in [0.25, 0.3) is 5.56 Å². The Morgan fingerprint density at radius 3 is 2.42 bits per heavy atom. The van der Waals surface area contributed by atoms with Crippen molar-refractivity contribution >= 4 is 23.5 Å². The number of nitrogens with zero attached hydrogens (tertiary/aromatic N) is 1. The Kier molecular flexibility index (Phi) is 4.48. The molecule has 8 heteroatoms. The van der Waals surface area contributed by atoms with E-state index in [-0.39, 0.29) is 23.7 Å². The van der Waals surface area contributed by atoms with Crippen LogP contribution in [0.4, 0.5) is 5.82 Å². The molecule has 126 valence electrons. The van der Waals surface area contributed by atoms with Crippen LogP contribution in [0.5, 0.6) is 11.5 Å². The second-order valence-electron chi connectivity index (χ2n) is 5.22. The summed E-state index contributed by atoms with van der Waals surface area (Å²) >= 11 is 1.30. The van der Waals surface area contributed by atoms with Crippen LogP contribution >= 0.6 is 11.8 Å². The zero-order valence-corrected chi connectivity index (χ0v) is 14.3. The van der Waals surface area contributed by atoms with E-state index in [0.717, 1.165) is 0 Å². The fourth-order valence-electron chi connectivity index (χ4n) is 2.92. The van der Waals surface area contributed by atoms with E-state index >= 15 is 0 Å². The Labute approximate surface area is 142 Å². The number of methoxy groups -OCH3 is 2. The number of fused-ring (bicyclic) bond motifs is 1. The summed E-state index contributed by atoms with van der Waals surface area (Å²) in [6.45, 7) is 0. The van der Waals surface area contributed by atoms with Gasteiger partial charge in [0, 0.05) is 17.9 Å². The Balaban J connectivity index is 2.26. The molecule has 0 saturated carbocycles. The largest absolute Gasteiger partial charge is 0.496 e. The number of thioether (sulfide) groups is 1. The SMILES string of the molecule is COc1cccc(OC)c1C1CC(=O)Nc2nc(SC)[nH]c(=O)c21. The molecule has 0 fully saturated rings. The van der Waals surface area contributed by atoms with E-state index in [2.05, 4.69) is 15.3 Å². The molecule has 3 rings (SSSR count). The summed E-state index contributed by atoms with van der Waals surface area (Å²) in [5.41, 5.74) is 0.806. The predicted molar refractivity (Wildman–Crippen MR) is 91.3 cm³/mol. The van der Waals surface area contributed by atoms with Crippen molar-refractivity contribution in [3.63, 3.8) is 0 Å². The van der Waals surface area contributed by atoms with Gasteiger partial charge in [0.15, 0.2) is 5.16 Å². The fraction of sp³-hybridized carbons (Fsp3) is 0.312. The van der Waals surface area contributed by atoms with Gasteiger partial charge >= 0.3 is 0 Å². The van der Waals surface area contributed by atoms with E-state index < -0.39 is 5.92 Å². The first-order chi connectivity index (χ1) is 11.6. The van der Waals surface area contributed by atoms with Crippen LogP contribution in [-0.4, -0.2) is 36.4 Å². The molecule has 0 saturated heterocycles. The molecule has 1 aromatic carbocycles. The molecule has 2 N–H and O–H groups in total. The second kappa shape index (κ2) is 6.56. The minimum Gasteiger partial charge on any atom is -0.496 e. The Morgan fingerprint density at radius 2 is 1.83 bits per heavy atom. The Bertz CT molecular complexity index is 827. The zero-order chi connectivity index (χ0) is 17.3. The minimum atomic E-state index is -0.494. The van der Waals surface area contributed by atoms with Gasteiger partial charge < -0.3 is 19.8 Å². The number of ether oxygens (including phenoxy) is 2. The number of carbonyl (C=O) groups is 1. The average molecular weight is 347 g/mol. The van der Waals surface area contributed by atoms with Crippen molar-refractivity contribution in [3.05, 3.63) is 39.7 Å². The first-order valence-corrected chi connectivity index (χ1v) is 8.50. The van der Waals surface area contributed by atoms with Crippen LogP contribution in [0.25, 0.3) is 0 Å². The molecule has 2 aromatic rings. The Hall–Kier alpha value is -2.48. The van der Waals surface area contributed by atoms with Gasteiger partial charge in [0.2, 0.25) is 5.91 Å². The van der Waals surface area contributed by atoms with Crippen molar-refractivity contribution in [2.45, 2.75) is 17.5 Å². The highest BCUT2D eigenvalue weighted by Crippen LogP contribution is 2.43. The number of nitrogens with one attached hydrogen (secondary N) is 2. The molecular formula is C16H17N3O4S. The summed E-state index contributed by atoms with van der Waals surface area (Å²) in [5, 5.41) is 3.14. The van der Waals surface area contributed by atoms with E-state index in [4.69, 9.17) is 9.47 Å². The van der Waals surface area contributed by atoms with Crippen LogP contribution in [0.3, 0.4) is 0 Å². The monoisotopic (exact) mass is 347 g/mol. The number of anilines is 1. The maximum absolute atomic E-state index is 12.6. The summed E-state index contributed by atoms with van der Waals surface area (Å²) in [5.74, 6) is 0.719. The predicted octanol–water partition coefficient (Wildman–Crippen LogP) is 1.98. The lowest BCUT2D eigenvalue weighted by atomic mass is 9.85. The molecule has 7 nitrogen and oxygen atoms in total. The summed E-state index contributed by atoms with van der Waals surface area (Å²) < 4.78 is 10.9. The molecule has 0 spiro atoms. The van der Waals surface area contributed by atoms with Crippen molar-refractivity contribution < 1.29 is 14.3 Å². The first kappa shape index (κ1) is 16.4. The third-order valence-corrected chi connectivity index (χ3v) is 4.52. The molecule has 0 bridgehead atoms. The lowest BCUT2D eigenvalue weighted by Gasteiger charge is -2.26. The van der Waals surface area contributed by atoms with Crippen LogP contribution in [0.1, 0.15) is 23.5 Å². The van der Waals surface area contributed by atoms with Crippen LogP contribution in [0.15, 0.2) is 28.2 Å². The Morgan fingerprint density at radius 1 is 1.17 bits per heavy atom. The van der Waals surface area contributed by atoms with Crippen molar-refractivity contribution in [2.24, 2.45) is 0 Å². The van der Waals surface area contributed by atoms with Gasteiger partial charge in [-0.15, -0.1) is 0 Å². The topological polar surface area (TPSA) is 93.3 Å². The van der Waals surface area contributed by atoms with Crippen LogP contribution in [-0.2, 0) is 4.79 Å². The number of aromatic amines is 1. The molecule has 2 heterocycles. The van der Waals surface area contributed by atoms with Gasteiger partial charge in [-0.05, 0) is 18.4 Å². The molecule has 1 amide bonds. The number of hydrogen-bond donors (Lipinski definition) is 2. The lowest BCUT2D eigenvalue weighted by Crippen LogP contribution is -2.31. The summed E-state index contributed by atoms with van der Waals surface area (Å²) in [6.07, 6.45) is 1.92. The average Bonchev–Trinajstić information content (AvgIpc) is 2.59. The summed E-state index contributed by atoms with van der Waals surface area (Å²) in [4.78, 5) is 31.8. The molecule has 1 aromatic heterocycles. The van der Waals surface area contributed by atoms with Gasteiger partial charge in [-0.2, -0.15) is 0 Å². The molecule has 1 aliphatic heterocycles. The van der Waals surface area contributed by atoms with E-state index in [9.17, 15) is 9.59 Å². The van der Waals surface area contributed by atoms with Gasteiger partial charge in [-0.1, -0.05) is 17.8 Å². The number of hydrogen-bond acceptors (Lipinski definition) is 6. The van der Waals surface area contributed by atoms with E-state index in [1.807, 2.05) is 0 Å². The molecule has 1 aliphatic rings. The number of amides is 1. The van der Waals surface area contributed by atoms with Gasteiger partial charge in [-0.25, -0.2) is 4.98 Å². The first-order valence-electron chi connectivity index (χ1n) is 7.28. The lowest BCUT2D eigenvalue weighted by molar-refractivity contribution is -0.116. The minimum absolute atomic E-state index is 0.118. The van der Waals surface area contributed by atoms with Gasteiger partial charge in [0.1, 0.15) is 17.3 Å².